The van der Waals surface area contributed by atoms with Crippen LogP contribution in [-0.4, -0.2) is 9.97 Å². The molecule has 2 atom stereocenters. The van der Waals surface area contributed by atoms with Crippen molar-refractivity contribution in [1.82, 2.24) is 9.97 Å². The summed E-state index contributed by atoms with van der Waals surface area (Å²) in [6.07, 6.45) is 0.935. The first-order valence-electron chi connectivity index (χ1n) is 12.7. The van der Waals surface area contributed by atoms with Crippen LogP contribution in [0.4, 0.5) is 5.82 Å². The normalized spacial score (nSPS) is 17.1. The largest absolute Gasteiger partial charge is 0.383 e. The second kappa shape index (κ2) is 10.1. The van der Waals surface area contributed by atoms with Gasteiger partial charge in [0.15, 0.2) is 5.16 Å². The summed E-state index contributed by atoms with van der Waals surface area (Å²) in [6, 6.07) is 36.7. The summed E-state index contributed by atoms with van der Waals surface area (Å²) in [5, 5.41) is 4.90. The van der Waals surface area contributed by atoms with Crippen molar-refractivity contribution in [2.45, 2.75) is 27.8 Å². The molecule has 3 nitrogen and oxygen atoms in total. The number of fused-ring (bicyclic) bond motifs is 4. The summed E-state index contributed by atoms with van der Waals surface area (Å²) in [4.78, 5) is 12.2. The monoisotopic (exact) mass is 547 g/mol. The van der Waals surface area contributed by atoms with Crippen molar-refractivity contribution in [1.29, 1.82) is 0 Å². The van der Waals surface area contributed by atoms with Gasteiger partial charge in [-0.05, 0) is 39.4 Å². The minimum Gasteiger partial charge on any atom is -0.383 e. The first-order chi connectivity index (χ1) is 18.7. The van der Waals surface area contributed by atoms with Gasteiger partial charge in [0.1, 0.15) is 10.6 Å². The summed E-state index contributed by atoms with van der Waals surface area (Å²) >= 11 is 5.47. The maximum Gasteiger partial charge on any atom is 0.191 e. The zero-order valence-electron chi connectivity index (χ0n) is 20.6. The lowest BCUT2D eigenvalue weighted by atomic mass is 9.98. The van der Waals surface area contributed by atoms with Crippen molar-refractivity contribution in [2.24, 2.45) is 0 Å². The molecule has 0 amide bonds. The first kappa shape index (κ1) is 23.8. The molecule has 0 saturated carbocycles. The van der Waals surface area contributed by atoms with Crippen molar-refractivity contribution >= 4 is 61.7 Å². The van der Waals surface area contributed by atoms with Crippen molar-refractivity contribution < 1.29 is 0 Å². The molecular formula is C32H25N3S3. The van der Waals surface area contributed by atoms with Gasteiger partial charge >= 0.3 is 0 Å². The molecule has 0 radical (unpaired) electrons. The van der Waals surface area contributed by atoms with Crippen LogP contribution in [0, 0.1) is 0 Å². The van der Waals surface area contributed by atoms with E-state index >= 15 is 0 Å². The lowest BCUT2D eigenvalue weighted by Crippen LogP contribution is -2.12. The maximum atomic E-state index is 6.67. The molecule has 0 spiro atoms. The molecule has 7 rings (SSSR count). The molecule has 186 valence electrons. The fourth-order valence-electron chi connectivity index (χ4n) is 5.22. The van der Waals surface area contributed by atoms with Crippen LogP contribution >= 0.6 is 34.9 Å². The van der Waals surface area contributed by atoms with Crippen LogP contribution < -0.4 is 5.73 Å². The van der Waals surface area contributed by atoms with Crippen molar-refractivity contribution in [3.05, 3.63) is 130 Å². The number of rotatable bonds is 5. The number of hydrogen-bond acceptors (Lipinski definition) is 6. The Bertz CT molecular complexity index is 1750. The Morgan fingerprint density at radius 3 is 2.29 bits per heavy atom. The Hall–Kier alpha value is -3.32. The average molecular weight is 548 g/mol. The molecule has 0 bridgehead atoms. The van der Waals surface area contributed by atoms with Gasteiger partial charge in [0.25, 0.3) is 0 Å². The minimum absolute atomic E-state index is 0.248. The highest BCUT2D eigenvalue weighted by Crippen LogP contribution is 2.55. The number of nitrogens with two attached hydrogens (primary N) is 1. The van der Waals surface area contributed by atoms with E-state index in [2.05, 4.69) is 103 Å². The summed E-state index contributed by atoms with van der Waals surface area (Å²) in [7, 11) is 0. The van der Waals surface area contributed by atoms with Crippen LogP contribution in [-0.2, 0) is 12.2 Å². The smallest absolute Gasteiger partial charge is 0.191 e. The first-order valence-corrected chi connectivity index (χ1v) is 15.4. The van der Waals surface area contributed by atoms with E-state index in [9.17, 15) is 0 Å². The van der Waals surface area contributed by atoms with Crippen LogP contribution in [0.2, 0.25) is 0 Å². The van der Waals surface area contributed by atoms with Gasteiger partial charge in [-0.2, -0.15) is 0 Å². The van der Waals surface area contributed by atoms with Gasteiger partial charge in [0.05, 0.1) is 10.6 Å². The van der Waals surface area contributed by atoms with E-state index in [1.807, 2.05) is 11.8 Å². The number of nitrogen functional groups attached to an aromatic ring is 1. The van der Waals surface area contributed by atoms with Gasteiger partial charge in [-0.1, -0.05) is 115 Å². The standard InChI is InChI=1S/C32H25N3S3/c33-30-27-25-18-26(22-10-3-1-4-11-22)37-28(23-12-5-2-6-13-23)29(25)38-31(27)35-32(34-30)36-19-20-15-16-21-9-7-8-14-24(21)17-20/h1-17,26,28H,18-19H2,(H2,33,34,35). The lowest BCUT2D eigenvalue weighted by molar-refractivity contribution is 0.893. The number of aromatic nitrogens is 2. The van der Waals surface area contributed by atoms with Gasteiger partial charge in [-0.15, -0.1) is 23.1 Å². The predicted octanol–water partition coefficient (Wildman–Crippen LogP) is 8.84. The molecule has 0 aliphatic carbocycles. The molecule has 38 heavy (non-hydrogen) atoms. The number of nitrogens with zero attached hydrogens (tertiary/aromatic N) is 2. The molecule has 1 aliphatic heterocycles. The molecule has 2 aromatic heterocycles. The van der Waals surface area contributed by atoms with E-state index in [4.69, 9.17) is 15.7 Å². The summed E-state index contributed by atoms with van der Waals surface area (Å²) < 4.78 is 0. The molecule has 0 saturated heterocycles. The van der Waals surface area contributed by atoms with E-state index in [1.165, 1.54) is 37.9 Å². The third kappa shape index (κ3) is 4.47. The third-order valence-corrected chi connectivity index (χ3v) is 10.9. The van der Waals surface area contributed by atoms with Gasteiger partial charge in [-0.3, -0.25) is 0 Å². The van der Waals surface area contributed by atoms with Crippen LogP contribution in [0.5, 0.6) is 0 Å². The molecule has 6 heteroatoms. The lowest BCUT2D eigenvalue weighted by Gasteiger charge is -2.30. The van der Waals surface area contributed by atoms with Crippen molar-refractivity contribution in [3.63, 3.8) is 0 Å². The van der Waals surface area contributed by atoms with E-state index in [1.54, 1.807) is 23.1 Å². The zero-order valence-corrected chi connectivity index (χ0v) is 23.0. The van der Waals surface area contributed by atoms with E-state index in [-0.39, 0.29) is 5.25 Å². The molecule has 2 N–H and O–H groups in total. The van der Waals surface area contributed by atoms with Crippen LogP contribution in [0.3, 0.4) is 0 Å². The van der Waals surface area contributed by atoms with Crippen molar-refractivity contribution in [2.75, 3.05) is 5.73 Å². The zero-order chi connectivity index (χ0) is 25.5. The molecular weight excluding hydrogens is 523 g/mol. The van der Waals surface area contributed by atoms with E-state index in [0.717, 1.165) is 27.5 Å². The highest BCUT2D eigenvalue weighted by molar-refractivity contribution is 8.00. The number of hydrogen-bond donors (Lipinski definition) is 1. The number of benzene rings is 4. The second-order valence-electron chi connectivity index (χ2n) is 9.52. The molecule has 4 aromatic carbocycles. The molecule has 0 fully saturated rings. The number of thiophene rings is 1. The number of anilines is 1. The Balaban J connectivity index is 1.25. The molecule has 1 aliphatic rings. The molecule has 3 heterocycles. The Kier molecular flexibility index (Phi) is 6.32. The van der Waals surface area contributed by atoms with Crippen LogP contribution in [0.25, 0.3) is 21.0 Å². The molecule has 6 aromatic rings. The third-order valence-electron chi connectivity index (χ3n) is 7.07. The highest BCUT2D eigenvalue weighted by Gasteiger charge is 2.34. The van der Waals surface area contributed by atoms with Crippen molar-refractivity contribution in [3.8, 4) is 0 Å². The maximum absolute atomic E-state index is 6.67. The van der Waals surface area contributed by atoms with Gasteiger partial charge < -0.3 is 5.73 Å². The quantitative estimate of drug-likeness (QED) is 0.173. The Morgan fingerprint density at radius 1 is 0.789 bits per heavy atom. The van der Waals surface area contributed by atoms with Gasteiger partial charge in [0.2, 0.25) is 0 Å². The summed E-state index contributed by atoms with van der Waals surface area (Å²) in [5.74, 6) is 1.40. The number of thioether (sulfide) groups is 2. The van der Waals surface area contributed by atoms with Gasteiger partial charge in [-0.25, -0.2) is 9.97 Å². The Morgan fingerprint density at radius 2 is 1.50 bits per heavy atom. The summed E-state index contributed by atoms with van der Waals surface area (Å²) in [6.45, 7) is 0. The second-order valence-corrected chi connectivity index (χ2v) is 12.8. The Labute approximate surface area is 234 Å². The van der Waals surface area contributed by atoms with Crippen LogP contribution in [0.1, 0.15) is 37.6 Å². The van der Waals surface area contributed by atoms with Crippen LogP contribution in [0.15, 0.2) is 108 Å². The van der Waals surface area contributed by atoms with E-state index < -0.39 is 0 Å². The molecule has 2 unspecified atom stereocenters. The fourth-order valence-corrected chi connectivity index (χ4v) is 9.09. The van der Waals surface area contributed by atoms with Gasteiger partial charge in [0, 0.05) is 15.9 Å². The summed E-state index contributed by atoms with van der Waals surface area (Å²) in [5.41, 5.74) is 11.9. The van der Waals surface area contributed by atoms with E-state index in [0.29, 0.717) is 11.1 Å². The fraction of sp³-hybridized carbons (Fsp3) is 0.125. The minimum atomic E-state index is 0.248. The predicted molar refractivity (Wildman–Crippen MR) is 164 cm³/mol. The SMILES string of the molecule is Nc1nc(SCc2ccc3ccccc3c2)nc2sc3c(c12)CC(c1ccccc1)SC3c1ccccc1. The highest BCUT2D eigenvalue weighted by atomic mass is 32.2. The average Bonchev–Trinajstić information content (AvgIpc) is 3.35. The topological polar surface area (TPSA) is 51.8 Å².